The number of hydrogen-bond donors (Lipinski definition) is 1. The van der Waals surface area contributed by atoms with Gasteiger partial charge in [-0.3, -0.25) is 14.4 Å². The summed E-state index contributed by atoms with van der Waals surface area (Å²) in [6, 6.07) is 19.4. The van der Waals surface area contributed by atoms with Gasteiger partial charge in [0.2, 0.25) is 11.8 Å². The van der Waals surface area contributed by atoms with Crippen molar-refractivity contribution < 1.29 is 29.0 Å². The number of rotatable bonds is 14. The molecule has 0 saturated carbocycles. The highest BCUT2D eigenvalue weighted by Gasteiger charge is 2.75. The second-order valence-corrected chi connectivity index (χ2v) is 13.7. The first-order valence-corrected chi connectivity index (χ1v) is 17.4. The molecule has 9 heteroatoms. The third-order valence-electron chi connectivity index (χ3n) is 10.3. The van der Waals surface area contributed by atoms with Crippen molar-refractivity contribution in [2.75, 3.05) is 36.1 Å². The molecular formula is C40H47N3O6. The van der Waals surface area contributed by atoms with Crippen molar-refractivity contribution in [3.63, 3.8) is 0 Å². The Labute approximate surface area is 288 Å². The van der Waals surface area contributed by atoms with Gasteiger partial charge in [-0.15, -0.1) is 13.2 Å². The fraction of sp³-hybridized carbons (Fsp3) is 0.425. The Hall–Kier alpha value is -4.47. The molecule has 3 aliphatic heterocycles. The molecule has 6 atom stereocenters. The summed E-state index contributed by atoms with van der Waals surface area (Å²) in [6.45, 7) is 14.4. The lowest BCUT2D eigenvalue weighted by atomic mass is 9.70. The van der Waals surface area contributed by atoms with Crippen molar-refractivity contribution in [2.24, 2.45) is 17.8 Å². The number of likely N-dealkylation sites (tertiary alicyclic amines) is 1. The monoisotopic (exact) mass is 665 g/mol. The lowest BCUT2D eigenvalue weighted by Gasteiger charge is -2.39. The van der Waals surface area contributed by atoms with Gasteiger partial charge >= 0.3 is 0 Å². The molecule has 0 radical (unpaired) electrons. The molecule has 3 heterocycles. The zero-order valence-electron chi connectivity index (χ0n) is 28.7. The van der Waals surface area contributed by atoms with Crippen molar-refractivity contribution in [2.45, 2.75) is 63.8 Å². The van der Waals surface area contributed by atoms with Crippen LogP contribution in [0.1, 0.15) is 40.0 Å². The standard InChI is InChI=1S/C40H47N3O6/c1-6-21-41(29-15-17-32(18-16-29)48-8-3)37(45)34-33-19-20-40(49-33)35(34)38(46)43(31(25-44)23-26(4)5)36(40)39(47)42(22-7-2)30-14-13-27-11-9-10-12-28(27)24-30/h6-7,9-18,24,26,31,33-36,44H,1-2,8,19-23,25H2,3-5H3/t31-,33+,34-,35+,36?,40?/m1/s1. The van der Waals surface area contributed by atoms with Crippen LogP contribution in [0.15, 0.2) is 92.0 Å². The van der Waals surface area contributed by atoms with Crippen molar-refractivity contribution in [3.8, 4) is 5.75 Å². The molecular weight excluding hydrogens is 618 g/mol. The smallest absolute Gasteiger partial charge is 0.253 e. The summed E-state index contributed by atoms with van der Waals surface area (Å²) in [5, 5.41) is 12.8. The fourth-order valence-electron chi connectivity index (χ4n) is 8.33. The maximum Gasteiger partial charge on any atom is 0.253 e. The predicted molar refractivity (Wildman–Crippen MR) is 191 cm³/mol. The van der Waals surface area contributed by atoms with Crippen LogP contribution in [-0.4, -0.2) is 77.8 Å². The maximum atomic E-state index is 15.1. The van der Waals surface area contributed by atoms with E-state index in [-0.39, 0.29) is 43.3 Å². The lowest BCUT2D eigenvalue weighted by molar-refractivity contribution is -0.144. The average Bonchev–Trinajstić information content (AvgIpc) is 3.75. The Morgan fingerprint density at radius 2 is 1.65 bits per heavy atom. The molecule has 1 spiro atoms. The van der Waals surface area contributed by atoms with Gasteiger partial charge in [0, 0.05) is 24.5 Å². The van der Waals surface area contributed by atoms with Gasteiger partial charge in [-0.2, -0.15) is 0 Å². The van der Waals surface area contributed by atoms with E-state index in [9.17, 15) is 14.7 Å². The summed E-state index contributed by atoms with van der Waals surface area (Å²) in [7, 11) is 0. The molecule has 3 saturated heterocycles. The molecule has 6 rings (SSSR count). The van der Waals surface area contributed by atoms with Crippen molar-refractivity contribution in [1.82, 2.24) is 4.90 Å². The number of nitrogens with zero attached hydrogens (tertiary/aromatic N) is 3. The highest BCUT2D eigenvalue weighted by Crippen LogP contribution is 2.59. The predicted octanol–water partition coefficient (Wildman–Crippen LogP) is 5.76. The second kappa shape index (κ2) is 14.2. The maximum absolute atomic E-state index is 15.1. The van der Waals surface area contributed by atoms with Crippen molar-refractivity contribution >= 4 is 39.9 Å². The third-order valence-corrected chi connectivity index (χ3v) is 10.3. The molecule has 0 aromatic heterocycles. The van der Waals surface area contributed by atoms with Crippen LogP contribution in [0.4, 0.5) is 11.4 Å². The van der Waals surface area contributed by atoms with Crippen LogP contribution in [-0.2, 0) is 19.1 Å². The van der Waals surface area contributed by atoms with Gasteiger partial charge in [0.05, 0.1) is 37.2 Å². The minimum Gasteiger partial charge on any atom is -0.494 e. The number of ether oxygens (including phenoxy) is 2. The van der Waals surface area contributed by atoms with Gasteiger partial charge in [0.1, 0.15) is 17.4 Å². The summed E-state index contributed by atoms with van der Waals surface area (Å²) in [5.41, 5.74) is 0.105. The Kier molecular flexibility index (Phi) is 9.95. The molecule has 2 unspecified atom stereocenters. The van der Waals surface area contributed by atoms with Gasteiger partial charge in [0.15, 0.2) is 0 Å². The first kappa shape index (κ1) is 34.4. The Bertz CT molecular complexity index is 1720. The van der Waals surface area contributed by atoms with Crippen LogP contribution in [0.25, 0.3) is 10.8 Å². The van der Waals surface area contributed by atoms with E-state index < -0.39 is 35.6 Å². The highest BCUT2D eigenvalue weighted by molar-refractivity contribution is 6.07. The number of carbonyl (C=O) groups excluding carboxylic acids is 3. The molecule has 9 nitrogen and oxygen atoms in total. The normalized spacial score (nSPS) is 24.6. The summed E-state index contributed by atoms with van der Waals surface area (Å²) in [6.07, 6.45) is 4.28. The first-order valence-electron chi connectivity index (χ1n) is 17.4. The number of anilines is 2. The SMILES string of the molecule is C=CCN(C(=O)C1N([C@@H](CO)CC(C)C)C(=O)[C@@H]2[C@H](C(=O)N(CC=C)c3ccc(OCC)cc3)[C@@H]3CCC12O3)c1ccc2ccccc2c1. The van der Waals surface area contributed by atoms with Crippen LogP contribution in [0.3, 0.4) is 0 Å². The molecule has 2 bridgehead atoms. The van der Waals surface area contributed by atoms with E-state index >= 15 is 4.79 Å². The van der Waals surface area contributed by atoms with Crippen LogP contribution in [0.2, 0.25) is 0 Å². The molecule has 1 N–H and O–H groups in total. The Morgan fingerprint density at radius 3 is 2.29 bits per heavy atom. The summed E-state index contributed by atoms with van der Waals surface area (Å²) in [5.74, 6) is -1.73. The Morgan fingerprint density at radius 1 is 1.00 bits per heavy atom. The van der Waals surface area contributed by atoms with Gasteiger partial charge in [0.25, 0.3) is 5.91 Å². The quantitative estimate of drug-likeness (QED) is 0.220. The molecule has 3 aliphatic rings. The van der Waals surface area contributed by atoms with Gasteiger partial charge in [-0.05, 0) is 79.3 Å². The van der Waals surface area contributed by atoms with E-state index in [1.165, 1.54) is 0 Å². The number of aliphatic hydroxyl groups is 1. The molecule has 3 aromatic carbocycles. The molecule has 3 fully saturated rings. The topological polar surface area (TPSA) is 99.6 Å². The molecule has 258 valence electrons. The van der Waals surface area contributed by atoms with Crippen LogP contribution >= 0.6 is 0 Å². The Balaban J connectivity index is 1.42. The number of carbonyl (C=O) groups is 3. The van der Waals surface area contributed by atoms with E-state index in [0.29, 0.717) is 43.0 Å². The highest BCUT2D eigenvalue weighted by atomic mass is 16.5. The minimum absolute atomic E-state index is 0.140. The van der Waals surface area contributed by atoms with E-state index in [1.54, 1.807) is 26.9 Å². The van der Waals surface area contributed by atoms with Crippen LogP contribution in [0.5, 0.6) is 5.75 Å². The number of fused-ring (bicyclic) bond motifs is 2. The zero-order valence-corrected chi connectivity index (χ0v) is 28.7. The molecule has 3 amide bonds. The second-order valence-electron chi connectivity index (χ2n) is 13.7. The van der Waals surface area contributed by atoms with E-state index in [4.69, 9.17) is 9.47 Å². The van der Waals surface area contributed by atoms with Crippen molar-refractivity contribution in [1.29, 1.82) is 0 Å². The van der Waals surface area contributed by atoms with Crippen LogP contribution in [0, 0.1) is 17.8 Å². The van der Waals surface area contributed by atoms with Gasteiger partial charge < -0.3 is 29.3 Å². The van der Waals surface area contributed by atoms with E-state index in [1.807, 2.05) is 87.5 Å². The minimum atomic E-state index is -1.22. The fourth-order valence-corrected chi connectivity index (χ4v) is 8.33. The first-order chi connectivity index (χ1) is 23.7. The van der Waals surface area contributed by atoms with Crippen LogP contribution < -0.4 is 14.5 Å². The molecule has 0 aliphatic carbocycles. The number of hydrogen-bond acceptors (Lipinski definition) is 6. The van der Waals surface area contributed by atoms with Gasteiger partial charge in [-0.1, -0.05) is 56.3 Å². The zero-order chi connectivity index (χ0) is 34.9. The summed E-state index contributed by atoms with van der Waals surface area (Å²) >= 11 is 0. The van der Waals surface area contributed by atoms with E-state index in [2.05, 4.69) is 13.2 Å². The number of benzene rings is 3. The molecule has 3 aromatic rings. The number of amides is 3. The largest absolute Gasteiger partial charge is 0.494 e. The molecule has 49 heavy (non-hydrogen) atoms. The summed E-state index contributed by atoms with van der Waals surface area (Å²) < 4.78 is 12.4. The third kappa shape index (κ3) is 6.04. The average molecular weight is 666 g/mol. The lowest BCUT2D eigenvalue weighted by Crippen LogP contribution is -2.59. The summed E-state index contributed by atoms with van der Waals surface area (Å²) in [4.78, 5) is 49.4. The van der Waals surface area contributed by atoms with Gasteiger partial charge in [-0.25, -0.2) is 0 Å². The number of aliphatic hydroxyl groups excluding tert-OH is 1. The van der Waals surface area contributed by atoms with E-state index in [0.717, 1.165) is 10.8 Å². The van der Waals surface area contributed by atoms with Crippen molar-refractivity contribution in [3.05, 3.63) is 92.0 Å².